The van der Waals surface area contributed by atoms with Gasteiger partial charge in [-0.05, 0) is 11.2 Å². The van der Waals surface area contributed by atoms with Crippen LogP contribution in [0.15, 0.2) is 0 Å². The van der Waals surface area contributed by atoms with Gasteiger partial charge in [0.2, 0.25) is 0 Å². The highest BCUT2D eigenvalue weighted by Gasteiger charge is 2.15. The van der Waals surface area contributed by atoms with Gasteiger partial charge in [-0.3, -0.25) is 4.57 Å². The number of hydrogen-bond donors (Lipinski definition) is 0. The molecule has 8 heavy (non-hydrogen) atoms. The molecule has 2 nitrogen and oxygen atoms in total. The van der Waals surface area contributed by atoms with Crippen LogP contribution in [0.3, 0.4) is 0 Å². The second-order valence-electron chi connectivity index (χ2n) is 0.948. The van der Waals surface area contributed by atoms with E-state index in [0.717, 1.165) is 0 Å². The zero-order chi connectivity index (χ0) is 6.62. The number of halogens is 3. The highest BCUT2D eigenvalue weighted by Crippen LogP contribution is 2.53. The Labute approximate surface area is 62.3 Å². The fraction of sp³-hybridized carbons (Fsp3) is 1.00. The summed E-state index contributed by atoms with van der Waals surface area (Å²) in [4.78, 5) is 0. The number of hydrogen-bond acceptors (Lipinski definition) is 2. The maximum atomic E-state index is 10.5. The molecule has 0 amide bonds. The lowest BCUT2D eigenvalue weighted by atomic mass is 11.7. The fourth-order valence-corrected chi connectivity index (χ4v) is 1.30. The molecule has 6 heteroatoms. The molecule has 0 N–H and O–H groups in total. The Balaban J connectivity index is 3.55. The number of alkyl halides is 2. The monoisotopic (exact) mass is 196 g/mol. The van der Waals surface area contributed by atoms with E-state index in [4.69, 9.17) is 34.4 Å². The molecular weight excluding hydrogens is 193 g/mol. The minimum atomic E-state index is -3.07. The highest BCUT2D eigenvalue weighted by atomic mass is 35.7. The quantitative estimate of drug-likeness (QED) is 0.514. The third-order valence-corrected chi connectivity index (χ3v) is 3.41. The predicted molar refractivity (Wildman–Crippen MR) is 36.0 cm³/mol. The second-order valence-corrected chi connectivity index (χ2v) is 5.11. The molecule has 0 saturated carbocycles. The van der Waals surface area contributed by atoms with Gasteiger partial charge >= 0.3 is 6.72 Å². The molecular formula is C2H4Cl3O2P. The van der Waals surface area contributed by atoms with Gasteiger partial charge in [-0.2, -0.15) is 0 Å². The standard InChI is InChI=1S/C2H4Cl3O2P/c3-1-7-8(5,6)2-4/h1-2H2. The first-order valence-corrected chi connectivity index (χ1v) is 5.46. The van der Waals surface area contributed by atoms with Crippen LogP contribution < -0.4 is 0 Å². The SMILES string of the molecule is O=P(Cl)(CCl)OCCl. The molecule has 50 valence electrons. The van der Waals surface area contributed by atoms with Crippen molar-refractivity contribution in [3.63, 3.8) is 0 Å². The largest absolute Gasteiger partial charge is 0.305 e. The maximum absolute atomic E-state index is 10.5. The van der Waals surface area contributed by atoms with Gasteiger partial charge in [0.25, 0.3) is 0 Å². The molecule has 0 aliphatic rings. The zero-order valence-electron chi connectivity index (χ0n) is 3.81. The normalized spacial score (nSPS) is 17.9. The summed E-state index contributed by atoms with van der Waals surface area (Å²) >= 11 is 15.3. The Morgan fingerprint density at radius 3 is 2.12 bits per heavy atom. The van der Waals surface area contributed by atoms with Crippen LogP contribution in [0.5, 0.6) is 0 Å². The van der Waals surface area contributed by atoms with Crippen LogP contribution in [-0.2, 0) is 9.09 Å². The van der Waals surface area contributed by atoms with E-state index in [0.29, 0.717) is 0 Å². The van der Waals surface area contributed by atoms with Gasteiger partial charge in [-0.15, -0.1) is 11.6 Å². The lowest BCUT2D eigenvalue weighted by Gasteiger charge is -2.01. The molecule has 0 heterocycles. The molecule has 1 unspecified atom stereocenters. The van der Waals surface area contributed by atoms with Crippen LogP contribution in [0.4, 0.5) is 0 Å². The van der Waals surface area contributed by atoms with E-state index in [2.05, 4.69) is 4.52 Å². The summed E-state index contributed by atoms with van der Waals surface area (Å²) in [7, 11) is 0. The van der Waals surface area contributed by atoms with Crippen LogP contribution >= 0.6 is 41.2 Å². The molecule has 0 rings (SSSR count). The van der Waals surface area contributed by atoms with E-state index >= 15 is 0 Å². The summed E-state index contributed by atoms with van der Waals surface area (Å²) < 4.78 is 14.8. The lowest BCUT2D eigenvalue weighted by Crippen LogP contribution is -1.80. The smallest absolute Gasteiger partial charge is 0.300 e. The molecule has 0 spiro atoms. The van der Waals surface area contributed by atoms with E-state index < -0.39 is 6.72 Å². The zero-order valence-corrected chi connectivity index (χ0v) is 6.97. The summed E-state index contributed by atoms with van der Waals surface area (Å²) in [5.74, 6) is 0. The summed E-state index contributed by atoms with van der Waals surface area (Å²) in [6, 6.07) is -0.187. The molecule has 0 aromatic carbocycles. The van der Waals surface area contributed by atoms with Crippen molar-refractivity contribution >= 4 is 41.2 Å². The first kappa shape index (κ1) is 9.06. The van der Waals surface area contributed by atoms with Crippen molar-refractivity contribution in [3.05, 3.63) is 0 Å². The Morgan fingerprint density at radius 2 is 2.00 bits per heavy atom. The molecule has 0 bridgehead atoms. The van der Waals surface area contributed by atoms with Crippen molar-refractivity contribution in [1.82, 2.24) is 0 Å². The van der Waals surface area contributed by atoms with Crippen molar-refractivity contribution in [2.24, 2.45) is 0 Å². The van der Waals surface area contributed by atoms with Crippen LogP contribution in [0.2, 0.25) is 0 Å². The van der Waals surface area contributed by atoms with Gasteiger partial charge in [0.05, 0.1) is 0 Å². The molecule has 0 fully saturated rings. The fourth-order valence-electron chi connectivity index (χ4n) is 0.107. The lowest BCUT2D eigenvalue weighted by molar-refractivity contribution is 0.390. The topological polar surface area (TPSA) is 26.3 Å². The Morgan fingerprint density at radius 1 is 1.50 bits per heavy atom. The van der Waals surface area contributed by atoms with Crippen LogP contribution in [0, 0.1) is 0 Å². The van der Waals surface area contributed by atoms with Crippen LogP contribution in [-0.4, -0.2) is 11.7 Å². The van der Waals surface area contributed by atoms with Gasteiger partial charge in [-0.25, -0.2) is 0 Å². The minimum absolute atomic E-state index is 0.187. The van der Waals surface area contributed by atoms with Crippen LogP contribution in [0.25, 0.3) is 0 Å². The Hall–Kier alpha value is 1.06. The average molecular weight is 197 g/mol. The predicted octanol–water partition coefficient (Wildman–Crippen LogP) is 2.83. The Kier molecular flexibility index (Phi) is 4.50. The molecule has 0 radical (unpaired) electrons. The second kappa shape index (κ2) is 3.97. The third kappa shape index (κ3) is 3.99. The van der Waals surface area contributed by atoms with E-state index in [-0.39, 0.29) is 11.7 Å². The molecule has 0 aromatic rings. The van der Waals surface area contributed by atoms with E-state index in [1.165, 1.54) is 0 Å². The summed E-state index contributed by atoms with van der Waals surface area (Å²) in [5, 5.41) is 0. The van der Waals surface area contributed by atoms with Crippen molar-refractivity contribution in [2.45, 2.75) is 0 Å². The number of rotatable bonds is 3. The first-order chi connectivity index (χ1) is 3.62. The van der Waals surface area contributed by atoms with Crippen molar-refractivity contribution in [1.29, 1.82) is 0 Å². The summed E-state index contributed by atoms with van der Waals surface area (Å²) in [6.07, 6.45) is 0. The van der Waals surface area contributed by atoms with Gasteiger partial charge < -0.3 is 4.52 Å². The average Bonchev–Trinajstić information content (AvgIpc) is 1.67. The molecule has 0 aromatic heterocycles. The Bertz CT molecular complexity index is 105. The molecule has 0 aliphatic carbocycles. The molecule has 0 aliphatic heterocycles. The van der Waals surface area contributed by atoms with Gasteiger partial charge in [0, 0.05) is 0 Å². The molecule has 1 atom stereocenters. The molecule has 0 saturated heterocycles. The summed E-state index contributed by atoms with van der Waals surface area (Å²) in [5.41, 5.74) is -0.207. The maximum Gasteiger partial charge on any atom is 0.305 e. The minimum Gasteiger partial charge on any atom is -0.300 e. The summed E-state index contributed by atoms with van der Waals surface area (Å²) in [6.45, 7) is -3.07. The van der Waals surface area contributed by atoms with E-state index in [1.54, 1.807) is 0 Å². The van der Waals surface area contributed by atoms with Crippen molar-refractivity contribution in [2.75, 3.05) is 11.7 Å². The highest BCUT2D eigenvalue weighted by molar-refractivity contribution is 7.86. The van der Waals surface area contributed by atoms with Crippen molar-refractivity contribution < 1.29 is 9.09 Å². The van der Waals surface area contributed by atoms with Crippen LogP contribution in [0.1, 0.15) is 0 Å². The van der Waals surface area contributed by atoms with Gasteiger partial charge in [-0.1, -0.05) is 11.6 Å². The van der Waals surface area contributed by atoms with Crippen molar-refractivity contribution in [3.8, 4) is 0 Å². The van der Waals surface area contributed by atoms with E-state index in [1.807, 2.05) is 0 Å². The van der Waals surface area contributed by atoms with E-state index in [9.17, 15) is 4.57 Å². The van der Waals surface area contributed by atoms with Gasteiger partial charge in [0.15, 0.2) is 0 Å². The first-order valence-electron chi connectivity index (χ1n) is 1.67. The third-order valence-electron chi connectivity index (χ3n) is 0.384. The van der Waals surface area contributed by atoms with Gasteiger partial charge in [0.1, 0.15) is 11.7 Å².